The Kier molecular flexibility index (Phi) is 6.61. The Hall–Kier alpha value is -2.53. The van der Waals surface area contributed by atoms with Crippen molar-refractivity contribution in [1.29, 1.82) is 0 Å². The van der Waals surface area contributed by atoms with Crippen LogP contribution in [0, 0.1) is 5.82 Å². The van der Waals surface area contributed by atoms with E-state index in [1.54, 1.807) is 17.0 Å². The molecule has 1 aliphatic heterocycles. The zero-order valence-corrected chi connectivity index (χ0v) is 23.7. The lowest BCUT2D eigenvalue weighted by molar-refractivity contribution is 0.0323. The van der Waals surface area contributed by atoms with E-state index in [1.165, 1.54) is 16.4 Å². The van der Waals surface area contributed by atoms with Crippen molar-refractivity contribution in [3.8, 4) is 11.3 Å². The number of rotatable bonds is 5. The minimum atomic E-state index is -3.61. The number of piperazine rings is 1. The van der Waals surface area contributed by atoms with E-state index >= 15 is 0 Å². The smallest absolute Gasteiger partial charge is 0.290 e. The van der Waals surface area contributed by atoms with Gasteiger partial charge in [-0.1, -0.05) is 38.4 Å². The van der Waals surface area contributed by atoms with E-state index in [2.05, 4.69) is 9.71 Å². The van der Waals surface area contributed by atoms with Gasteiger partial charge in [-0.3, -0.25) is 4.79 Å². The van der Waals surface area contributed by atoms with E-state index < -0.39 is 21.6 Å². The third kappa shape index (κ3) is 5.19. The summed E-state index contributed by atoms with van der Waals surface area (Å²) in [5, 5.41) is 0.0286. The van der Waals surface area contributed by atoms with Crippen molar-refractivity contribution in [1.82, 2.24) is 18.9 Å². The first-order valence-corrected chi connectivity index (χ1v) is 14.5. The average molecular weight is 563 g/mol. The van der Waals surface area contributed by atoms with Gasteiger partial charge in [-0.25, -0.2) is 9.37 Å². The summed E-state index contributed by atoms with van der Waals surface area (Å²) in [4.78, 5) is 20.0. The predicted molar refractivity (Wildman–Crippen MR) is 145 cm³/mol. The van der Waals surface area contributed by atoms with Gasteiger partial charge < -0.3 is 9.32 Å². The molecule has 3 aromatic rings. The molecule has 1 amide bonds. The van der Waals surface area contributed by atoms with Crippen LogP contribution in [0.1, 0.15) is 63.6 Å². The molecule has 1 saturated carbocycles. The minimum Gasteiger partial charge on any atom is -0.449 e. The lowest BCUT2D eigenvalue weighted by Crippen LogP contribution is -2.63. The third-order valence-electron chi connectivity index (χ3n) is 7.06. The number of nitrogens with one attached hydrogen (secondary N) is 1. The molecule has 0 bridgehead atoms. The summed E-state index contributed by atoms with van der Waals surface area (Å²) in [5.74, 6) is -0.751. The van der Waals surface area contributed by atoms with Crippen molar-refractivity contribution in [2.24, 2.45) is 0 Å². The molecule has 0 atom stereocenters. The second kappa shape index (κ2) is 9.29. The van der Waals surface area contributed by atoms with Crippen molar-refractivity contribution in [2.45, 2.75) is 64.5 Å². The van der Waals surface area contributed by atoms with E-state index in [4.69, 9.17) is 16.0 Å². The highest BCUT2D eigenvalue weighted by molar-refractivity contribution is 7.87. The van der Waals surface area contributed by atoms with E-state index in [1.807, 2.05) is 40.7 Å². The average Bonchev–Trinajstić information content (AvgIpc) is 3.51. The van der Waals surface area contributed by atoms with Crippen molar-refractivity contribution < 1.29 is 22.0 Å². The van der Waals surface area contributed by atoms with Crippen molar-refractivity contribution in [2.75, 3.05) is 19.6 Å². The second-order valence-electron chi connectivity index (χ2n) is 11.8. The third-order valence-corrected chi connectivity index (χ3v) is 8.99. The fraction of sp³-hybridized carbons (Fsp3) is 0.481. The highest BCUT2D eigenvalue weighted by atomic mass is 35.5. The summed E-state index contributed by atoms with van der Waals surface area (Å²) in [6.45, 7) is 10.3. The van der Waals surface area contributed by atoms with Crippen molar-refractivity contribution in [3.63, 3.8) is 0 Å². The van der Waals surface area contributed by atoms with Gasteiger partial charge >= 0.3 is 0 Å². The number of aromatic nitrogens is 1. The lowest BCUT2D eigenvalue weighted by atomic mass is 9.86. The van der Waals surface area contributed by atoms with Crippen LogP contribution in [0.15, 0.2) is 34.7 Å². The number of halogens is 2. The number of benzene rings is 1. The number of furan rings is 1. The molecule has 8 nitrogen and oxygen atoms in total. The molecular weight excluding hydrogens is 531 g/mol. The highest BCUT2D eigenvalue weighted by Gasteiger charge is 2.43. The summed E-state index contributed by atoms with van der Waals surface area (Å²) in [5.41, 5.74) is 1.79. The molecule has 0 unspecified atom stereocenters. The van der Waals surface area contributed by atoms with Gasteiger partial charge in [-0.2, -0.15) is 17.4 Å². The van der Waals surface area contributed by atoms with E-state index in [9.17, 15) is 17.6 Å². The number of amides is 1. The molecule has 11 heteroatoms. The van der Waals surface area contributed by atoms with Gasteiger partial charge in [-0.15, -0.1) is 0 Å². The number of pyridine rings is 1. The Labute approximate surface area is 227 Å². The van der Waals surface area contributed by atoms with Gasteiger partial charge in [0.25, 0.3) is 16.1 Å². The van der Waals surface area contributed by atoms with Crippen LogP contribution in [-0.2, 0) is 15.6 Å². The summed E-state index contributed by atoms with van der Waals surface area (Å²) in [6.07, 6.45) is 1.71. The molecule has 1 aromatic carbocycles. The van der Waals surface area contributed by atoms with Crippen LogP contribution in [0.5, 0.6) is 0 Å². The van der Waals surface area contributed by atoms with Gasteiger partial charge in [0.15, 0.2) is 11.3 Å². The summed E-state index contributed by atoms with van der Waals surface area (Å²) < 4.78 is 50.0. The molecule has 1 saturated heterocycles. The van der Waals surface area contributed by atoms with Crippen LogP contribution < -0.4 is 4.72 Å². The zero-order valence-electron chi connectivity index (χ0n) is 22.1. The van der Waals surface area contributed by atoms with Crippen LogP contribution in [0.3, 0.4) is 0 Å². The molecular formula is C27H32ClFN4O4S. The lowest BCUT2D eigenvalue weighted by Gasteiger charge is -2.46. The molecule has 5 rings (SSSR count). The topological polar surface area (TPSA) is 95.8 Å². The Morgan fingerprint density at radius 1 is 1.18 bits per heavy atom. The molecule has 0 spiro atoms. The van der Waals surface area contributed by atoms with E-state index in [0.717, 1.165) is 18.4 Å². The maximum absolute atomic E-state index is 14.2. The highest BCUT2D eigenvalue weighted by Crippen LogP contribution is 2.36. The second-order valence-corrected chi connectivity index (χ2v) is 13.9. The number of nitrogens with zero attached hydrogens (tertiary/aromatic N) is 3. The van der Waals surface area contributed by atoms with Crippen LogP contribution >= 0.6 is 11.6 Å². The standard InChI is InChI=1S/C27H32ClFN4O4S/c1-26(2,3)18-13-21(16-6-9-19(28)20(29)12-16)30-22-14-23(37-24(18)22)25(34)33-11-10-32(15-27(33,4)5)38(35,36)31-17-7-8-17/h6,9,12-14,17,31H,7-8,10-11,15H2,1-5H3. The number of carbonyl (C=O) groups excluding carboxylic acids is 1. The number of fused-ring (bicyclic) bond motifs is 1. The fourth-order valence-corrected chi connectivity index (χ4v) is 6.53. The van der Waals surface area contributed by atoms with E-state index in [0.29, 0.717) is 22.4 Å². The quantitative estimate of drug-likeness (QED) is 0.466. The van der Waals surface area contributed by atoms with Gasteiger partial charge in [0, 0.05) is 42.9 Å². The molecule has 204 valence electrons. The monoisotopic (exact) mass is 562 g/mol. The first-order valence-electron chi connectivity index (χ1n) is 12.7. The largest absolute Gasteiger partial charge is 0.449 e. The van der Waals surface area contributed by atoms with Crippen molar-refractivity contribution in [3.05, 3.63) is 52.5 Å². The predicted octanol–water partition coefficient (Wildman–Crippen LogP) is 5.12. The molecule has 0 radical (unpaired) electrons. The van der Waals surface area contributed by atoms with Crippen molar-refractivity contribution >= 4 is 38.8 Å². The minimum absolute atomic E-state index is 0.0112. The zero-order chi connectivity index (χ0) is 27.6. The molecule has 1 N–H and O–H groups in total. The molecule has 1 aliphatic carbocycles. The molecule has 2 fully saturated rings. The molecule has 3 heterocycles. The van der Waals surface area contributed by atoms with E-state index in [-0.39, 0.29) is 47.8 Å². The number of hydrogen-bond acceptors (Lipinski definition) is 5. The van der Waals surface area contributed by atoms with Crippen LogP contribution in [-0.4, -0.2) is 59.7 Å². The maximum Gasteiger partial charge on any atom is 0.290 e. The summed E-state index contributed by atoms with van der Waals surface area (Å²) in [7, 11) is -3.61. The number of carbonyl (C=O) groups is 1. The van der Waals surface area contributed by atoms with Crippen LogP contribution in [0.4, 0.5) is 4.39 Å². The normalized spacial score (nSPS) is 18.8. The van der Waals surface area contributed by atoms with Gasteiger partial charge in [0.05, 0.1) is 16.3 Å². The summed E-state index contributed by atoms with van der Waals surface area (Å²) in [6, 6.07) is 7.99. The Balaban J connectivity index is 1.48. The first kappa shape index (κ1) is 27.1. The maximum atomic E-state index is 14.2. The Bertz CT molecular complexity index is 1530. The Morgan fingerprint density at radius 3 is 2.50 bits per heavy atom. The van der Waals surface area contributed by atoms with Gasteiger partial charge in [-0.05, 0) is 50.3 Å². The summed E-state index contributed by atoms with van der Waals surface area (Å²) >= 11 is 5.87. The van der Waals surface area contributed by atoms with Crippen LogP contribution in [0.2, 0.25) is 5.02 Å². The van der Waals surface area contributed by atoms with Gasteiger partial charge in [0.1, 0.15) is 11.3 Å². The fourth-order valence-electron chi connectivity index (χ4n) is 4.80. The van der Waals surface area contributed by atoms with Crippen LogP contribution in [0.25, 0.3) is 22.4 Å². The molecule has 38 heavy (non-hydrogen) atoms. The molecule has 2 aliphatic rings. The number of hydrogen-bond donors (Lipinski definition) is 1. The Morgan fingerprint density at radius 2 is 1.89 bits per heavy atom. The first-order chi connectivity index (χ1) is 17.7. The molecule has 2 aromatic heterocycles. The SMILES string of the molecule is CC(C)(C)c1cc(-c2ccc(Cl)c(F)c2)nc2cc(C(=O)N3CCN(S(=O)(=O)NC4CC4)CC3(C)C)oc12. The van der Waals surface area contributed by atoms with Gasteiger partial charge in [0.2, 0.25) is 0 Å².